The van der Waals surface area contributed by atoms with Gasteiger partial charge < -0.3 is 19.3 Å². The van der Waals surface area contributed by atoms with Crippen LogP contribution in [-0.2, 0) is 11.3 Å². The average molecular weight is 452 g/mol. The van der Waals surface area contributed by atoms with Gasteiger partial charge in [0.15, 0.2) is 11.5 Å². The van der Waals surface area contributed by atoms with Gasteiger partial charge >= 0.3 is 0 Å². The summed E-state index contributed by atoms with van der Waals surface area (Å²) in [7, 11) is 1.63. The smallest absolute Gasteiger partial charge is 0.227 e. The van der Waals surface area contributed by atoms with Gasteiger partial charge in [0, 0.05) is 26.2 Å². The fourth-order valence-corrected chi connectivity index (χ4v) is 4.25. The van der Waals surface area contributed by atoms with Crippen molar-refractivity contribution < 1.29 is 19.3 Å². The topological polar surface area (TPSA) is 69.0 Å². The second-order valence-corrected chi connectivity index (χ2v) is 8.55. The van der Waals surface area contributed by atoms with Crippen LogP contribution in [-0.4, -0.2) is 58.8 Å². The van der Waals surface area contributed by atoms with Gasteiger partial charge in [-0.15, -0.1) is 0 Å². The van der Waals surface area contributed by atoms with Gasteiger partial charge in [-0.2, -0.15) is 5.10 Å². The molecule has 2 atom stereocenters. The number of hydrogen-bond acceptors (Lipinski definition) is 6. The summed E-state index contributed by atoms with van der Waals surface area (Å²) in [6, 6.07) is 17.6. The average Bonchev–Trinajstić information content (AvgIpc) is 3.43. The molecule has 2 aromatic carbocycles. The number of rotatable bonds is 10. The molecule has 1 aliphatic rings. The van der Waals surface area contributed by atoms with Gasteiger partial charge in [0.25, 0.3) is 0 Å². The van der Waals surface area contributed by atoms with Crippen LogP contribution >= 0.6 is 0 Å². The lowest BCUT2D eigenvalue weighted by Crippen LogP contribution is -2.36. The molecule has 0 spiro atoms. The minimum atomic E-state index is -0.450. The summed E-state index contributed by atoms with van der Waals surface area (Å²) in [5.74, 6) is 1.92. The van der Waals surface area contributed by atoms with Crippen LogP contribution in [0.5, 0.6) is 17.4 Å². The lowest BCUT2D eigenvalue weighted by molar-refractivity contribution is 0.0500. The first-order valence-electron chi connectivity index (χ1n) is 11.5. The molecule has 176 valence electrons. The molecule has 2 heterocycles. The molecule has 1 aromatic heterocycles. The zero-order chi connectivity index (χ0) is 23.2. The van der Waals surface area contributed by atoms with Gasteiger partial charge in [0.2, 0.25) is 5.88 Å². The van der Waals surface area contributed by atoms with E-state index in [1.807, 2.05) is 73.1 Å². The number of aromatic nitrogens is 2. The Balaban J connectivity index is 1.72. The maximum Gasteiger partial charge on any atom is 0.227 e. The van der Waals surface area contributed by atoms with Crippen LogP contribution in [0.3, 0.4) is 0 Å². The molecule has 0 saturated carbocycles. The highest BCUT2D eigenvalue weighted by atomic mass is 16.5. The summed E-state index contributed by atoms with van der Waals surface area (Å²) in [4.78, 5) is 2.23. The fourth-order valence-electron chi connectivity index (χ4n) is 4.25. The molecular weight excluding hydrogens is 418 g/mol. The summed E-state index contributed by atoms with van der Waals surface area (Å²) < 4.78 is 19.7. The minimum absolute atomic E-state index is 0.187. The van der Waals surface area contributed by atoms with E-state index >= 15 is 0 Å². The zero-order valence-corrected chi connectivity index (χ0v) is 19.6. The second kappa shape index (κ2) is 10.8. The quantitative estimate of drug-likeness (QED) is 0.494. The van der Waals surface area contributed by atoms with E-state index in [0.29, 0.717) is 30.5 Å². The highest BCUT2D eigenvalue weighted by molar-refractivity contribution is 5.47. The summed E-state index contributed by atoms with van der Waals surface area (Å²) in [6.07, 6.45) is 1.87. The van der Waals surface area contributed by atoms with E-state index in [9.17, 15) is 5.11 Å². The Labute approximate surface area is 195 Å². The highest BCUT2D eigenvalue weighted by Crippen LogP contribution is 2.36. The molecule has 0 radical (unpaired) electrons. The molecule has 0 bridgehead atoms. The van der Waals surface area contributed by atoms with Gasteiger partial charge in [0.1, 0.15) is 0 Å². The van der Waals surface area contributed by atoms with E-state index in [1.54, 1.807) is 7.11 Å². The Morgan fingerprint density at radius 3 is 2.55 bits per heavy atom. The Kier molecular flexibility index (Phi) is 7.65. The molecule has 1 fully saturated rings. The van der Waals surface area contributed by atoms with Crippen molar-refractivity contribution in [3.8, 4) is 23.1 Å². The van der Waals surface area contributed by atoms with Crippen molar-refractivity contribution in [3.63, 3.8) is 0 Å². The van der Waals surface area contributed by atoms with Crippen LogP contribution in [0.15, 0.2) is 54.6 Å². The predicted octanol–water partition coefficient (Wildman–Crippen LogP) is 4.34. The number of aliphatic hydroxyl groups is 1. The van der Waals surface area contributed by atoms with Crippen molar-refractivity contribution >= 4 is 0 Å². The third-order valence-corrected chi connectivity index (χ3v) is 5.80. The SMILES string of the molecule is COc1ccccc1Oc1c(CN(CC(C)O)CC2CCCO2)c(C)nn1-c1ccccc1. The van der Waals surface area contributed by atoms with E-state index < -0.39 is 6.10 Å². The fraction of sp³-hybridized carbons (Fsp3) is 0.423. The lowest BCUT2D eigenvalue weighted by Gasteiger charge is -2.26. The number of aryl methyl sites for hydroxylation is 1. The lowest BCUT2D eigenvalue weighted by atomic mass is 10.1. The molecular formula is C26H33N3O4. The van der Waals surface area contributed by atoms with E-state index in [4.69, 9.17) is 19.3 Å². The van der Waals surface area contributed by atoms with Crippen LogP contribution in [0.2, 0.25) is 0 Å². The predicted molar refractivity (Wildman–Crippen MR) is 127 cm³/mol. The maximum atomic E-state index is 10.1. The van der Waals surface area contributed by atoms with Crippen LogP contribution < -0.4 is 9.47 Å². The van der Waals surface area contributed by atoms with Crippen LogP contribution in [0.25, 0.3) is 5.69 Å². The summed E-state index contributed by atoms with van der Waals surface area (Å²) in [5.41, 5.74) is 2.77. The number of methoxy groups -OCH3 is 1. The number of hydrogen-bond donors (Lipinski definition) is 1. The zero-order valence-electron chi connectivity index (χ0n) is 19.6. The molecule has 1 saturated heterocycles. The first kappa shape index (κ1) is 23.3. The van der Waals surface area contributed by atoms with Crippen molar-refractivity contribution in [2.45, 2.75) is 45.4 Å². The number of nitrogens with zero attached hydrogens (tertiary/aromatic N) is 3. The van der Waals surface area contributed by atoms with Crippen LogP contribution in [0, 0.1) is 6.92 Å². The molecule has 0 aliphatic carbocycles. The second-order valence-electron chi connectivity index (χ2n) is 8.55. The van der Waals surface area contributed by atoms with E-state index in [0.717, 1.165) is 42.9 Å². The van der Waals surface area contributed by atoms with E-state index in [1.165, 1.54) is 0 Å². The minimum Gasteiger partial charge on any atom is -0.493 e. The van der Waals surface area contributed by atoms with E-state index in [2.05, 4.69) is 4.90 Å². The van der Waals surface area contributed by atoms with Gasteiger partial charge in [-0.05, 0) is 51.0 Å². The van der Waals surface area contributed by atoms with Crippen LogP contribution in [0.4, 0.5) is 0 Å². The summed E-state index contributed by atoms with van der Waals surface area (Å²) in [5, 5.41) is 15.0. The molecule has 0 amide bonds. The molecule has 3 aromatic rings. The molecule has 4 rings (SSSR count). The standard InChI is InChI=1S/C26H33N3O4/c1-19(30)16-28(17-22-12-9-15-32-22)18-23-20(2)27-29(21-10-5-4-6-11-21)26(23)33-25-14-8-7-13-24(25)31-3/h4-8,10-11,13-14,19,22,30H,9,12,15-18H2,1-3H3. The van der Waals surface area contributed by atoms with Gasteiger partial charge in [-0.25, -0.2) is 4.68 Å². The molecule has 1 aliphatic heterocycles. The third kappa shape index (κ3) is 5.74. The number of benzene rings is 2. The van der Waals surface area contributed by atoms with Gasteiger partial charge in [0.05, 0.1) is 36.3 Å². The van der Waals surface area contributed by atoms with Gasteiger partial charge in [-0.1, -0.05) is 30.3 Å². The monoisotopic (exact) mass is 451 g/mol. The Morgan fingerprint density at radius 1 is 1.15 bits per heavy atom. The summed E-state index contributed by atoms with van der Waals surface area (Å²) >= 11 is 0. The van der Waals surface area contributed by atoms with Crippen molar-refractivity contribution in [2.75, 3.05) is 26.8 Å². The Morgan fingerprint density at radius 2 is 1.88 bits per heavy atom. The first-order chi connectivity index (χ1) is 16.0. The number of ether oxygens (including phenoxy) is 3. The van der Waals surface area contributed by atoms with Crippen LogP contribution in [0.1, 0.15) is 31.0 Å². The molecule has 33 heavy (non-hydrogen) atoms. The van der Waals surface area contributed by atoms with Crippen molar-refractivity contribution in [2.24, 2.45) is 0 Å². The normalized spacial score (nSPS) is 16.8. The highest BCUT2D eigenvalue weighted by Gasteiger charge is 2.25. The third-order valence-electron chi connectivity index (χ3n) is 5.80. The number of aliphatic hydroxyl groups excluding tert-OH is 1. The van der Waals surface area contributed by atoms with E-state index in [-0.39, 0.29) is 6.10 Å². The summed E-state index contributed by atoms with van der Waals surface area (Å²) in [6.45, 7) is 6.51. The molecule has 1 N–H and O–H groups in total. The van der Waals surface area contributed by atoms with Crippen molar-refractivity contribution in [3.05, 3.63) is 65.9 Å². The number of para-hydroxylation sites is 3. The molecule has 2 unspecified atom stereocenters. The maximum absolute atomic E-state index is 10.1. The largest absolute Gasteiger partial charge is 0.493 e. The Bertz CT molecular complexity index is 1030. The van der Waals surface area contributed by atoms with Gasteiger partial charge in [-0.3, -0.25) is 4.90 Å². The molecule has 7 nitrogen and oxygen atoms in total. The van der Waals surface area contributed by atoms with Crippen molar-refractivity contribution in [1.82, 2.24) is 14.7 Å². The molecule has 7 heteroatoms. The van der Waals surface area contributed by atoms with Crippen molar-refractivity contribution in [1.29, 1.82) is 0 Å². The Hall–Kier alpha value is -2.87. The first-order valence-corrected chi connectivity index (χ1v) is 11.5.